The quantitative estimate of drug-likeness (QED) is 0.530. The monoisotopic (exact) mass is 226 g/mol. The largest absolute Gasteiger partial charge is 0.554 e. The van der Waals surface area contributed by atoms with Crippen LogP contribution in [0, 0.1) is 0 Å². The highest BCUT2D eigenvalue weighted by atomic mass is 16.3. The molecule has 16 heavy (non-hydrogen) atoms. The molecule has 0 fully saturated rings. The van der Waals surface area contributed by atoms with E-state index in [0.29, 0.717) is 0 Å². The van der Waals surface area contributed by atoms with Gasteiger partial charge >= 0.3 is 0 Å². The highest BCUT2D eigenvalue weighted by Crippen LogP contribution is 1.93. The first-order chi connectivity index (χ1) is 7.78. The van der Waals surface area contributed by atoms with Crippen molar-refractivity contribution in [2.45, 2.75) is 52.6 Å². The van der Waals surface area contributed by atoms with E-state index in [1.54, 1.807) is 0 Å². The molecule has 92 valence electrons. The number of carboxylic acid groups (broad SMARTS) is 1. The minimum absolute atomic E-state index is 0.500. The summed E-state index contributed by atoms with van der Waals surface area (Å²) in [5, 5.41) is 8.25. The van der Waals surface area contributed by atoms with Crippen molar-refractivity contribution in [3.8, 4) is 0 Å². The van der Waals surface area contributed by atoms with Crippen molar-refractivity contribution in [1.29, 1.82) is 0 Å². The summed E-state index contributed by atoms with van der Waals surface area (Å²) >= 11 is 0. The highest BCUT2D eigenvalue weighted by molar-refractivity contribution is 5.29. The first-order valence-electron chi connectivity index (χ1n) is 5.88. The van der Waals surface area contributed by atoms with Crippen LogP contribution in [0.5, 0.6) is 0 Å². The van der Waals surface area contributed by atoms with Crippen molar-refractivity contribution in [2.75, 3.05) is 0 Å². The van der Waals surface area contributed by atoms with Crippen LogP contribution in [0.2, 0.25) is 0 Å². The van der Waals surface area contributed by atoms with E-state index in [4.69, 9.17) is 9.90 Å². The van der Waals surface area contributed by atoms with Gasteiger partial charge in [-0.2, -0.15) is 0 Å². The van der Waals surface area contributed by atoms with Crippen LogP contribution in [-0.4, -0.2) is 11.0 Å². The van der Waals surface area contributed by atoms with Gasteiger partial charge in [0.15, 0.2) is 0 Å². The van der Waals surface area contributed by atoms with Crippen molar-refractivity contribution in [3.05, 3.63) is 18.7 Å². The molecule has 0 unspecified atom stereocenters. The number of carbonyl (C=O) groups excluding carboxylic acids is 1. The minimum atomic E-state index is -0.500. The van der Waals surface area contributed by atoms with E-state index in [1.165, 1.54) is 25.7 Å². The van der Waals surface area contributed by atoms with E-state index in [1.807, 2.05) is 0 Å². The molecule has 0 saturated heterocycles. The number of aromatic nitrogens is 2. The molecule has 1 rings (SSSR count). The SMILES string of the molecule is CCCCn1cc[n+](CCCC)c1.O=C[O-]. The smallest absolute Gasteiger partial charge is 0.243 e. The van der Waals surface area contributed by atoms with Crippen molar-refractivity contribution in [1.82, 2.24) is 4.57 Å². The highest BCUT2D eigenvalue weighted by Gasteiger charge is 2.01. The molecule has 1 aromatic heterocycles. The van der Waals surface area contributed by atoms with Crippen LogP contribution in [-0.2, 0) is 17.9 Å². The van der Waals surface area contributed by atoms with Gasteiger partial charge in [-0.25, -0.2) is 9.13 Å². The molecule has 0 aliphatic heterocycles. The number of aryl methyl sites for hydroxylation is 2. The van der Waals surface area contributed by atoms with Crippen LogP contribution >= 0.6 is 0 Å². The number of carbonyl (C=O) groups is 1. The van der Waals surface area contributed by atoms with E-state index < -0.39 is 6.47 Å². The molecule has 0 saturated carbocycles. The van der Waals surface area contributed by atoms with Gasteiger partial charge in [-0.05, 0) is 12.8 Å². The zero-order valence-electron chi connectivity index (χ0n) is 10.3. The fraction of sp³-hybridized carbons (Fsp3) is 0.667. The summed E-state index contributed by atoms with van der Waals surface area (Å²) in [6.45, 7) is 6.29. The van der Waals surface area contributed by atoms with Gasteiger partial charge in [0, 0.05) is 6.47 Å². The number of imidazole rings is 1. The first kappa shape index (κ1) is 14.7. The third-order valence-electron chi connectivity index (χ3n) is 2.29. The Morgan fingerprint density at radius 3 is 2.50 bits per heavy atom. The summed E-state index contributed by atoms with van der Waals surface area (Å²) < 4.78 is 4.55. The van der Waals surface area contributed by atoms with Crippen molar-refractivity contribution >= 4 is 6.47 Å². The summed E-state index contributed by atoms with van der Waals surface area (Å²) in [6, 6.07) is 0. The van der Waals surface area contributed by atoms with E-state index in [2.05, 4.69) is 41.7 Å². The van der Waals surface area contributed by atoms with Gasteiger partial charge < -0.3 is 9.90 Å². The fourth-order valence-electron chi connectivity index (χ4n) is 1.38. The summed E-state index contributed by atoms with van der Waals surface area (Å²) in [4.78, 5) is 8.25. The van der Waals surface area contributed by atoms with Gasteiger partial charge in [0.25, 0.3) is 0 Å². The lowest BCUT2D eigenvalue weighted by Gasteiger charge is -1.93. The van der Waals surface area contributed by atoms with E-state index in [0.717, 1.165) is 13.1 Å². The van der Waals surface area contributed by atoms with Gasteiger partial charge in [-0.15, -0.1) is 0 Å². The normalized spacial score (nSPS) is 9.38. The molecule has 1 aromatic rings. The molecule has 0 N–H and O–H groups in total. The third kappa shape index (κ3) is 7.04. The van der Waals surface area contributed by atoms with Crippen LogP contribution in [0.15, 0.2) is 18.7 Å². The topological polar surface area (TPSA) is 48.9 Å². The van der Waals surface area contributed by atoms with Crippen LogP contribution < -0.4 is 9.67 Å². The Kier molecular flexibility index (Phi) is 9.36. The molecule has 4 nitrogen and oxygen atoms in total. The Bertz CT molecular complexity index is 249. The molecule has 1 heterocycles. The van der Waals surface area contributed by atoms with Gasteiger partial charge in [0.05, 0.1) is 13.1 Å². The van der Waals surface area contributed by atoms with Gasteiger partial charge in [-0.3, -0.25) is 0 Å². The second kappa shape index (κ2) is 10.2. The number of nitrogens with zero attached hydrogens (tertiary/aromatic N) is 2. The van der Waals surface area contributed by atoms with Crippen molar-refractivity contribution in [2.24, 2.45) is 0 Å². The van der Waals surface area contributed by atoms with Crippen LogP contribution in [0.1, 0.15) is 39.5 Å². The molecule has 0 radical (unpaired) electrons. The van der Waals surface area contributed by atoms with Crippen LogP contribution in [0.25, 0.3) is 0 Å². The standard InChI is InChI=1S/C11H21N2.CH2O2/c1-3-5-7-12-9-10-13(11-12)8-6-4-2;2-1-3/h9-11H,3-8H2,1-2H3;1H,(H,2,3)/q+1;/p-1. The molecular formula is C12H22N2O2. The lowest BCUT2D eigenvalue weighted by atomic mass is 10.3. The molecule has 4 heteroatoms. The summed E-state index contributed by atoms with van der Waals surface area (Å²) in [6.07, 6.45) is 11.7. The van der Waals surface area contributed by atoms with Gasteiger partial charge in [0.2, 0.25) is 6.33 Å². The maximum Gasteiger partial charge on any atom is 0.243 e. The maximum atomic E-state index is 8.25. The molecule has 0 aliphatic rings. The average molecular weight is 226 g/mol. The fourth-order valence-corrected chi connectivity index (χ4v) is 1.38. The number of unbranched alkanes of at least 4 members (excludes halogenated alkanes) is 2. The van der Waals surface area contributed by atoms with E-state index in [9.17, 15) is 0 Å². The number of rotatable bonds is 6. The summed E-state index contributed by atoms with van der Waals surface area (Å²) in [7, 11) is 0. The van der Waals surface area contributed by atoms with Crippen LogP contribution in [0.4, 0.5) is 0 Å². The van der Waals surface area contributed by atoms with Crippen LogP contribution in [0.3, 0.4) is 0 Å². The van der Waals surface area contributed by atoms with Crippen molar-refractivity contribution < 1.29 is 14.5 Å². The Morgan fingerprint density at radius 1 is 1.31 bits per heavy atom. The molecule has 0 spiro atoms. The third-order valence-corrected chi connectivity index (χ3v) is 2.29. The molecular weight excluding hydrogens is 204 g/mol. The Labute approximate surface area is 97.5 Å². The second-order valence-electron chi connectivity index (χ2n) is 3.69. The predicted molar refractivity (Wildman–Crippen MR) is 60.5 cm³/mol. The average Bonchev–Trinajstić information content (AvgIpc) is 2.72. The zero-order chi connectivity index (χ0) is 12.2. The number of hydrogen-bond donors (Lipinski definition) is 0. The van der Waals surface area contributed by atoms with Gasteiger partial charge in [-0.1, -0.05) is 26.7 Å². The minimum Gasteiger partial charge on any atom is -0.554 e. The lowest BCUT2D eigenvalue weighted by molar-refractivity contribution is -0.696. The molecule has 0 atom stereocenters. The molecule has 0 bridgehead atoms. The Hall–Kier alpha value is -1.32. The zero-order valence-corrected chi connectivity index (χ0v) is 10.3. The predicted octanol–water partition coefficient (Wildman–Crippen LogP) is 0.742. The summed E-state index contributed by atoms with van der Waals surface area (Å²) in [5.41, 5.74) is 0. The first-order valence-corrected chi connectivity index (χ1v) is 5.88. The Morgan fingerprint density at radius 2 is 1.94 bits per heavy atom. The van der Waals surface area contributed by atoms with E-state index >= 15 is 0 Å². The van der Waals surface area contributed by atoms with Gasteiger partial charge in [0.1, 0.15) is 12.4 Å². The number of hydrogen-bond acceptors (Lipinski definition) is 2. The molecule has 0 amide bonds. The lowest BCUT2D eigenvalue weighted by Crippen LogP contribution is -2.30. The molecule has 0 aliphatic carbocycles. The molecule has 0 aromatic carbocycles. The second-order valence-corrected chi connectivity index (χ2v) is 3.69. The van der Waals surface area contributed by atoms with E-state index in [-0.39, 0.29) is 0 Å². The van der Waals surface area contributed by atoms with Crippen molar-refractivity contribution in [3.63, 3.8) is 0 Å². The summed E-state index contributed by atoms with van der Waals surface area (Å²) in [5.74, 6) is 0. The maximum absolute atomic E-state index is 8.25. The Balaban J connectivity index is 0.000000673.